The van der Waals surface area contributed by atoms with E-state index in [4.69, 9.17) is 4.74 Å². The highest BCUT2D eigenvalue weighted by Crippen LogP contribution is 2.31. The van der Waals surface area contributed by atoms with Crippen molar-refractivity contribution >= 4 is 11.3 Å². The summed E-state index contributed by atoms with van der Waals surface area (Å²) in [5, 5.41) is 12.5. The van der Waals surface area contributed by atoms with Crippen molar-refractivity contribution in [1.29, 1.82) is 0 Å². The summed E-state index contributed by atoms with van der Waals surface area (Å²) in [4.78, 5) is 4.17. The normalized spacial score (nSPS) is 15.8. The Bertz CT molecular complexity index is 281. The van der Waals surface area contributed by atoms with Crippen molar-refractivity contribution < 1.29 is 9.84 Å². The molecule has 1 N–H and O–H groups in total. The molecule has 0 bridgehead atoms. The highest BCUT2D eigenvalue weighted by Gasteiger charge is 2.30. The predicted octanol–water partition coefficient (Wildman–Crippen LogP) is 2.02. The Morgan fingerprint density at radius 3 is 2.62 bits per heavy atom. The first-order valence-electron chi connectivity index (χ1n) is 4.21. The fourth-order valence-electron chi connectivity index (χ4n) is 0.879. The lowest BCUT2D eigenvalue weighted by molar-refractivity contribution is 0.00513. The Labute approximate surface area is 82.4 Å². The zero-order valence-corrected chi connectivity index (χ0v) is 9.18. The molecule has 74 valence electrons. The quantitative estimate of drug-likeness (QED) is 0.813. The van der Waals surface area contributed by atoms with Crippen LogP contribution in [0.25, 0.3) is 0 Å². The average Bonchev–Trinajstić information content (AvgIpc) is 2.51. The second-order valence-corrected chi connectivity index (χ2v) is 4.33. The van der Waals surface area contributed by atoms with E-state index in [9.17, 15) is 5.11 Å². The van der Waals surface area contributed by atoms with Gasteiger partial charge in [0.15, 0.2) is 0 Å². The molecule has 0 aromatic carbocycles. The number of aliphatic hydroxyl groups is 1. The van der Waals surface area contributed by atoms with Crippen LogP contribution in [0, 0.1) is 5.92 Å². The molecule has 1 aromatic heterocycles. The minimum absolute atomic E-state index is 0.138. The molecule has 0 saturated carbocycles. The number of aromatic nitrogens is 1. The van der Waals surface area contributed by atoms with Crippen LogP contribution in [-0.2, 0) is 5.60 Å². The summed E-state index contributed by atoms with van der Waals surface area (Å²) in [5.41, 5.74) is -0.183. The number of hydrogen-bond donors (Lipinski definition) is 1. The zero-order valence-electron chi connectivity index (χ0n) is 8.37. The van der Waals surface area contributed by atoms with Gasteiger partial charge in [0.05, 0.1) is 12.8 Å². The maximum Gasteiger partial charge on any atom is 0.273 e. The molecule has 13 heavy (non-hydrogen) atoms. The van der Waals surface area contributed by atoms with E-state index in [1.54, 1.807) is 14.0 Å². The van der Waals surface area contributed by atoms with Crippen LogP contribution < -0.4 is 4.74 Å². The van der Waals surface area contributed by atoms with E-state index in [2.05, 4.69) is 4.98 Å². The topological polar surface area (TPSA) is 42.4 Å². The molecule has 0 spiro atoms. The lowest BCUT2D eigenvalue weighted by atomic mass is 9.90. The molecule has 4 heteroatoms. The van der Waals surface area contributed by atoms with Crippen molar-refractivity contribution in [3.63, 3.8) is 0 Å². The maximum absolute atomic E-state index is 10.1. The molecule has 0 aliphatic heterocycles. The van der Waals surface area contributed by atoms with Gasteiger partial charge < -0.3 is 9.84 Å². The summed E-state index contributed by atoms with van der Waals surface area (Å²) in [7, 11) is 1.58. The van der Waals surface area contributed by atoms with Crippen LogP contribution in [0.2, 0.25) is 0 Å². The van der Waals surface area contributed by atoms with E-state index in [0.29, 0.717) is 10.9 Å². The Morgan fingerprint density at radius 1 is 1.62 bits per heavy atom. The largest absolute Gasteiger partial charge is 0.473 e. The molecule has 1 atom stereocenters. The number of ether oxygens (including phenoxy) is 1. The standard InChI is InChI=1S/C9H15NO2S/c1-6(2)9(3,11)7-5-13-8(10-7)12-4/h5-6,11H,1-4H3. The molecular formula is C9H15NO2S. The van der Waals surface area contributed by atoms with Gasteiger partial charge in [-0.15, -0.1) is 0 Å². The SMILES string of the molecule is COc1nc(C(C)(O)C(C)C)cs1. The average molecular weight is 201 g/mol. The van der Waals surface area contributed by atoms with E-state index in [-0.39, 0.29) is 5.92 Å². The molecule has 0 aliphatic carbocycles. The first-order valence-corrected chi connectivity index (χ1v) is 5.08. The number of nitrogens with zero attached hydrogens (tertiary/aromatic N) is 1. The van der Waals surface area contributed by atoms with Gasteiger partial charge in [0.2, 0.25) is 0 Å². The van der Waals surface area contributed by atoms with Crippen molar-refractivity contribution in [2.75, 3.05) is 7.11 Å². The predicted molar refractivity (Wildman–Crippen MR) is 53.1 cm³/mol. The van der Waals surface area contributed by atoms with Gasteiger partial charge in [-0.1, -0.05) is 25.2 Å². The fraction of sp³-hybridized carbons (Fsp3) is 0.667. The van der Waals surface area contributed by atoms with Gasteiger partial charge in [0, 0.05) is 5.38 Å². The van der Waals surface area contributed by atoms with E-state index in [1.807, 2.05) is 19.2 Å². The van der Waals surface area contributed by atoms with Gasteiger partial charge in [-0.05, 0) is 12.8 Å². The Morgan fingerprint density at radius 2 is 2.23 bits per heavy atom. The molecule has 0 fully saturated rings. The summed E-state index contributed by atoms with van der Waals surface area (Å²) >= 11 is 1.40. The van der Waals surface area contributed by atoms with Crippen molar-refractivity contribution in [3.05, 3.63) is 11.1 Å². The van der Waals surface area contributed by atoms with Crippen molar-refractivity contribution in [2.24, 2.45) is 5.92 Å². The van der Waals surface area contributed by atoms with Gasteiger partial charge >= 0.3 is 0 Å². The van der Waals surface area contributed by atoms with Crippen LogP contribution in [0.4, 0.5) is 0 Å². The van der Waals surface area contributed by atoms with Crippen LogP contribution in [0.15, 0.2) is 5.38 Å². The number of thiazole rings is 1. The third-order valence-electron chi connectivity index (χ3n) is 2.30. The zero-order chi connectivity index (χ0) is 10.1. The smallest absolute Gasteiger partial charge is 0.273 e. The molecule has 0 aliphatic rings. The van der Waals surface area contributed by atoms with Crippen LogP contribution in [0.3, 0.4) is 0 Å². The van der Waals surface area contributed by atoms with Crippen molar-refractivity contribution in [1.82, 2.24) is 4.98 Å². The lowest BCUT2D eigenvalue weighted by Crippen LogP contribution is -2.28. The lowest BCUT2D eigenvalue weighted by Gasteiger charge is -2.25. The summed E-state index contributed by atoms with van der Waals surface area (Å²) in [6.45, 7) is 5.70. The first-order chi connectivity index (χ1) is 5.98. The maximum atomic E-state index is 10.1. The Hall–Kier alpha value is -0.610. The monoisotopic (exact) mass is 201 g/mol. The van der Waals surface area contributed by atoms with Gasteiger partial charge in [0.1, 0.15) is 5.60 Å². The Balaban J connectivity index is 2.93. The highest BCUT2D eigenvalue weighted by atomic mass is 32.1. The fourth-order valence-corrected chi connectivity index (χ4v) is 1.63. The third kappa shape index (κ3) is 2.00. The molecule has 0 amide bonds. The van der Waals surface area contributed by atoms with Crippen LogP contribution >= 0.6 is 11.3 Å². The minimum Gasteiger partial charge on any atom is -0.473 e. The van der Waals surface area contributed by atoms with E-state index in [1.165, 1.54) is 11.3 Å². The van der Waals surface area contributed by atoms with Crippen LogP contribution in [0.5, 0.6) is 5.19 Å². The number of methoxy groups -OCH3 is 1. The van der Waals surface area contributed by atoms with Gasteiger partial charge in [0.25, 0.3) is 5.19 Å². The summed E-state index contributed by atoms with van der Waals surface area (Å²) < 4.78 is 4.97. The molecule has 1 unspecified atom stereocenters. The van der Waals surface area contributed by atoms with Crippen LogP contribution in [0.1, 0.15) is 26.5 Å². The molecule has 3 nitrogen and oxygen atoms in total. The minimum atomic E-state index is -0.868. The van der Waals surface area contributed by atoms with Crippen molar-refractivity contribution in [3.8, 4) is 5.19 Å². The molecule has 0 radical (unpaired) electrons. The summed E-state index contributed by atoms with van der Waals surface area (Å²) in [5.74, 6) is 0.138. The Kier molecular flexibility index (Phi) is 2.93. The third-order valence-corrected chi connectivity index (χ3v) is 3.10. The number of hydrogen-bond acceptors (Lipinski definition) is 4. The van der Waals surface area contributed by atoms with Gasteiger partial charge in [-0.2, -0.15) is 0 Å². The molecule has 0 saturated heterocycles. The van der Waals surface area contributed by atoms with E-state index >= 15 is 0 Å². The summed E-state index contributed by atoms with van der Waals surface area (Å²) in [6.07, 6.45) is 0. The molecule has 1 heterocycles. The van der Waals surface area contributed by atoms with Gasteiger partial charge in [-0.25, -0.2) is 4.98 Å². The highest BCUT2D eigenvalue weighted by molar-refractivity contribution is 7.11. The second-order valence-electron chi connectivity index (χ2n) is 3.51. The van der Waals surface area contributed by atoms with Crippen LogP contribution in [-0.4, -0.2) is 17.2 Å². The second kappa shape index (κ2) is 3.64. The van der Waals surface area contributed by atoms with E-state index in [0.717, 1.165) is 0 Å². The molecule has 1 rings (SSSR count). The molecular weight excluding hydrogens is 186 g/mol. The van der Waals surface area contributed by atoms with E-state index < -0.39 is 5.60 Å². The van der Waals surface area contributed by atoms with Crippen molar-refractivity contribution in [2.45, 2.75) is 26.4 Å². The number of rotatable bonds is 3. The van der Waals surface area contributed by atoms with Gasteiger partial charge in [-0.3, -0.25) is 0 Å². The first kappa shape index (κ1) is 10.5. The molecule has 1 aromatic rings. The summed E-state index contributed by atoms with van der Waals surface area (Å²) in [6, 6.07) is 0.